The summed E-state index contributed by atoms with van der Waals surface area (Å²) in [4.78, 5) is 24.9. The quantitative estimate of drug-likeness (QED) is 0.674. The molecule has 1 aliphatic heterocycles. The molecule has 0 saturated carbocycles. The summed E-state index contributed by atoms with van der Waals surface area (Å²) >= 11 is 0. The van der Waals surface area contributed by atoms with Gasteiger partial charge in [0.2, 0.25) is 5.91 Å². The fraction of sp³-hybridized carbons (Fsp3) is 0.818. The van der Waals surface area contributed by atoms with Crippen molar-refractivity contribution in [1.29, 1.82) is 0 Å². The lowest BCUT2D eigenvalue weighted by molar-refractivity contribution is -0.131. The molecule has 0 spiro atoms. The second-order valence-electron chi connectivity index (χ2n) is 4.90. The Morgan fingerprint density at radius 3 is 2.43 bits per heavy atom. The average Bonchev–Trinajstić information content (AvgIpc) is 2.45. The number of ketones is 1. The molecule has 1 unspecified atom stereocenters. The zero-order valence-electron chi connectivity index (χ0n) is 9.46. The second kappa shape index (κ2) is 3.71. The summed E-state index contributed by atoms with van der Waals surface area (Å²) in [6.07, 6.45) is 0.944. The van der Waals surface area contributed by atoms with Gasteiger partial charge in [-0.3, -0.25) is 9.59 Å². The van der Waals surface area contributed by atoms with Crippen molar-refractivity contribution >= 4 is 11.7 Å². The Bertz CT molecular complexity index is 253. The Morgan fingerprint density at radius 1 is 1.50 bits per heavy atom. The van der Waals surface area contributed by atoms with Crippen LogP contribution in [0.3, 0.4) is 0 Å². The maximum atomic E-state index is 11.6. The van der Waals surface area contributed by atoms with E-state index in [1.54, 1.807) is 0 Å². The fourth-order valence-corrected chi connectivity index (χ4v) is 1.86. The van der Waals surface area contributed by atoms with Crippen molar-refractivity contribution in [2.45, 2.75) is 46.1 Å². The summed E-state index contributed by atoms with van der Waals surface area (Å²) in [5.41, 5.74) is -0.153. The van der Waals surface area contributed by atoms with Crippen molar-refractivity contribution in [3.05, 3.63) is 0 Å². The van der Waals surface area contributed by atoms with E-state index in [9.17, 15) is 9.59 Å². The highest BCUT2D eigenvalue weighted by Crippen LogP contribution is 2.26. The van der Waals surface area contributed by atoms with Crippen LogP contribution in [-0.2, 0) is 9.59 Å². The summed E-state index contributed by atoms with van der Waals surface area (Å²) in [5, 5.41) is 0. The Labute approximate surface area is 85.5 Å². The Hall–Kier alpha value is -0.860. The van der Waals surface area contributed by atoms with Gasteiger partial charge in [0.05, 0.1) is 0 Å². The predicted octanol–water partition coefficient (Wildman–Crippen LogP) is 1.61. The van der Waals surface area contributed by atoms with Crippen LogP contribution in [0.15, 0.2) is 0 Å². The Balaban J connectivity index is 2.70. The van der Waals surface area contributed by atoms with Gasteiger partial charge in [-0.25, -0.2) is 0 Å². The molecule has 1 saturated heterocycles. The normalized spacial score (nSPS) is 23.0. The minimum absolute atomic E-state index is 0.0632. The van der Waals surface area contributed by atoms with Gasteiger partial charge in [0.15, 0.2) is 0 Å². The Kier molecular flexibility index (Phi) is 2.98. The van der Waals surface area contributed by atoms with Crippen LogP contribution >= 0.6 is 0 Å². The number of likely N-dealkylation sites (tertiary alicyclic amines) is 1. The van der Waals surface area contributed by atoms with E-state index in [2.05, 4.69) is 0 Å². The fourth-order valence-electron chi connectivity index (χ4n) is 1.86. The molecule has 80 valence electrons. The molecule has 1 aliphatic rings. The molecule has 0 aromatic rings. The molecule has 0 bridgehead atoms. The van der Waals surface area contributed by atoms with E-state index in [4.69, 9.17) is 0 Å². The van der Waals surface area contributed by atoms with Gasteiger partial charge in [-0.2, -0.15) is 0 Å². The van der Waals surface area contributed by atoms with Crippen LogP contribution in [0, 0.1) is 5.92 Å². The molecule has 0 aromatic carbocycles. The molecule has 0 radical (unpaired) electrons. The van der Waals surface area contributed by atoms with E-state index in [1.807, 2.05) is 32.6 Å². The average molecular weight is 197 g/mol. The predicted molar refractivity (Wildman–Crippen MR) is 54.9 cm³/mol. The number of amides is 1. The zero-order valence-corrected chi connectivity index (χ0v) is 9.46. The van der Waals surface area contributed by atoms with Crippen molar-refractivity contribution in [2.24, 2.45) is 5.92 Å². The molecule has 1 amide bonds. The molecule has 1 heterocycles. The van der Waals surface area contributed by atoms with Gasteiger partial charge in [-0.15, -0.1) is 0 Å². The van der Waals surface area contributed by atoms with E-state index < -0.39 is 0 Å². The molecule has 1 rings (SSSR count). The van der Waals surface area contributed by atoms with Crippen molar-refractivity contribution in [3.8, 4) is 0 Å². The molecular formula is C11H19NO2. The molecule has 14 heavy (non-hydrogen) atoms. The summed E-state index contributed by atoms with van der Waals surface area (Å²) in [7, 11) is 0. The van der Waals surface area contributed by atoms with E-state index in [0.717, 1.165) is 0 Å². The number of carbonyl (C=O) groups is 2. The van der Waals surface area contributed by atoms with E-state index in [1.165, 1.54) is 0 Å². The third-order valence-electron chi connectivity index (χ3n) is 2.74. The first kappa shape index (κ1) is 11.2. The third kappa shape index (κ3) is 2.14. The van der Waals surface area contributed by atoms with Gasteiger partial charge >= 0.3 is 0 Å². The minimum atomic E-state index is -0.153. The number of Topliss-reactive ketones (excluding diaryl/α,β-unsaturated/α-hetero) is 1. The molecule has 3 nitrogen and oxygen atoms in total. The van der Waals surface area contributed by atoms with Gasteiger partial charge in [0, 0.05) is 30.8 Å². The largest absolute Gasteiger partial charge is 0.337 e. The van der Waals surface area contributed by atoms with Crippen LogP contribution in [0.25, 0.3) is 0 Å². The number of hydrogen-bond acceptors (Lipinski definition) is 2. The molecule has 0 aliphatic carbocycles. The molecule has 1 atom stereocenters. The zero-order chi connectivity index (χ0) is 10.9. The highest BCUT2D eigenvalue weighted by molar-refractivity contribution is 5.90. The van der Waals surface area contributed by atoms with Crippen molar-refractivity contribution in [3.63, 3.8) is 0 Å². The monoisotopic (exact) mass is 197 g/mol. The van der Waals surface area contributed by atoms with Crippen LogP contribution < -0.4 is 0 Å². The highest BCUT2D eigenvalue weighted by Gasteiger charge is 2.38. The first-order valence-corrected chi connectivity index (χ1v) is 5.19. The third-order valence-corrected chi connectivity index (χ3v) is 2.74. The van der Waals surface area contributed by atoms with Gasteiger partial charge in [-0.05, 0) is 20.8 Å². The SMILES string of the molecule is CCC(=O)C1CC(=O)N(C(C)(C)C)C1. The summed E-state index contributed by atoms with van der Waals surface area (Å²) in [6, 6.07) is 0. The number of hydrogen-bond donors (Lipinski definition) is 0. The van der Waals surface area contributed by atoms with Crippen LogP contribution in [0.1, 0.15) is 40.5 Å². The topological polar surface area (TPSA) is 37.4 Å². The van der Waals surface area contributed by atoms with Gasteiger partial charge in [0.25, 0.3) is 0 Å². The lowest BCUT2D eigenvalue weighted by Gasteiger charge is -2.31. The van der Waals surface area contributed by atoms with Gasteiger partial charge in [-0.1, -0.05) is 6.92 Å². The van der Waals surface area contributed by atoms with Crippen LogP contribution in [0.5, 0.6) is 0 Å². The minimum Gasteiger partial charge on any atom is -0.337 e. The second-order valence-corrected chi connectivity index (χ2v) is 4.90. The van der Waals surface area contributed by atoms with Gasteiger partial charge < -0.3 is 4.90 Å². The molecule has 0 N–H and O–H groups in total. The highest BCUT2D eigenvalue weighted by atomic mass is 16.2. The van der Waals surface area contributed by atoms with Crippen LogP contribution in [0.2, 0.25) is 0 Å². The molecular weight excluding hydrogens is 178 g/mol. The van der Waals surface area contributed by atoms with Crippen molar-refractivity contribution < 1.29 is 9.59 Å². The van der Waals surface area contributed by atoms with Crippen molar-refractivity contribution in [2.75, 3.05) is 6.54 Å². The van der Waals surface area contributed by atoms with Crippen molar-refractivity contribution in [1.82, 2.24) is 4.90 Å². The van der Waals surface area contributed by atoms with E-state index in [0.29, 0.717) is 19.4 Å². The lowest BCUT2D eigenvalue weighted by atomic mass is 10.0. The Morgan fingerprint density at radius 2 is 2.07 bits per heavy atom. The summed E-state index contributed by atoms with van der Waals surface area (Å²) in [5.74, 6) is 0.265. The standard InChI is InChI=1S/C11H19NO2/c1-5-9(13)8-6-10(14)12(7-8)11(2,3)4/h8H,5-7H2,1-4H3. The maximum Gasteiger partial charge on any atom is 0.223 e. The summed E-state index contributed by atoms with van der Waals surface area (Å²) < 4.78 is 0. The maximum absolute atomic E-state index is 11.6. The van der Waals surface area contributed by atoms with E-state index in [-0.39, 0.29) is 23.1 Å². The molecule has 3 heteroatoms. The first-order chi connectivity index (χ1) is 6.36. The number of carbonyl (C=O) groups excluding carboxylic acids is 2. The van der Waals surface area contributed by atoms with Crippen LogP contribution in [-0.4, -0.2) is 28.7 Å². The number of rotatable bonds is 2. The molecule has 0 aromatic heterocycles. The summed E-state index contributed by atoms with van der Waals surface area (Å²) in [6.45, 7) is 8.47. The number of nitrogens with zero attached hydrogens (tertiary/aromatic N) is 1. The van der Waals surface area contributed by atoms with Crippen LogP contribution in [0.4, 0.5) is 0 Å². The van der Waals surface area contributed by atoms with E-state index >= 15 is 0 Å². The molecule has 1 fully saturated rings. The smallest absolute Gasteiger partial charge is 0.223 e. The first-order valence-electron chi connectivity index (χ1n) is 5.19. The van der Waals surface area contributed by atoms with Gasteiger partial charge in [0.1, 0.15) is 5.78 Å². The lowest BCUT2D eigenvalue weighted by Crippen LogP contribution is -2.42.